The lowest BCUT2D eigenvalue weighted by Gasteiger charge is -2.29. The molecule has 0 spiro atoms. The molecule has 1 aliphatic rings. The van der Waals surface area contributed by atoms with E-state index in [-0.39, 0.29) is 17.8 Å². The van der Waals surface area contributed by atoms with Crippen molar-refractivity contribution in [2.75, 3.05) is 0 Å². The van der Waals surface area contributed by atoms with Crippen molar-refractivity contribution in [1.29, 1.82) is 0 Å². The molecule has 4 nitrogen and oxygen atoms in total. The molecule has 3 rings (SSSR count). The molecule has 1 fully saturated rings. The summed E-state index contributed by atoms with van der Waals surface area (Å²) in [7, 11) is 0. The van der Waals surface area contributed by atoms with Crippen LogP contribution in [0.4, 0.5) is 17.6 Å². The van der Waals surface area contributed by atoms with Crippen LogP contribution in [0.5, 0.6) is 0 Å². The van der Waals surface area contributed by atoms with Crippen LogP contribution in [0, 0.1) is 34.6 Å². The summed E-state index contributed by atoms with van der Waals surface area (Å²) in [6, 6.07) is 0. The van der Waals surface area contributed by atoms with Gasteiger partial charge in [0.1, 0.15) is 12.4 Å². The fourth-order valence-electron chi connectivity index (χ4n) is 3.73. The minimum Gasteiger partial charge on any atom is -0.460 e. The van der Waals surface area contributed by atoms with Gasteiger partial charge in [-0.2, -0.15) is 0 Å². The van der Waals surface area contributed by atoms with Crippen LogP contribution in [0.2, 0.25) is 0 Å². The minimum absolute atomic E-state index is 0.0379. The Morgan fingerprint density at radius 3 is 1.85 bits per heavy atom. The van der Waals surface area contributed by atoms with Crippen molar-refractivity contribution in [3.63, 3.8) is 0 Å². The van der Waals surface area contributed by atoms with Gasteiger partial charge in [0.2, 0.25) is 0 Å². The summed E-state index contributed by atoms with van der Waals surface area (Å²) >= 11 is 0. The number of aromatic nitrogens is 2. The summed E-state index contributed by atoms with van der Waals surface area (Å²) in [4.78, 5) is 21.6. The summed E-state index contributed by atoms with van der Waals surface area (Å²) in [6.07, 6.45) is 4.55. The largest absolute Gasteiger partial charge is 0.460 e. The van der Waals surface area contributed by atoms with E-state index in [0.717, 1.165) is 12.8 Å². The van der Waals surface area contributed by atoms with E-state index in [1.165, 1.54) is 12.4 Å². The maximum Gasteiger partial charge on any atom is 0.314 e. The van der Waals surface area contributed by atoms with E-state index in [1.807, 2.05) is 20.8 Å². The molecule has 33 heavy (non-hydrogen) atoms. The van der Waals surface area contributed by atoms with Crippen LogP contribution >= 0.6 is 0 Å². The first-order valence-electron chi connectivity index (χ1n) is 11.0. The summed E-state index contributed by atoms with van der Waals surface area (Å²) in [6.45, 7) is 10.3. The van der Waals surface area contributed by atoms with E-state index in [0.29, 0.717) is 11.4 Å². The van der Waals surface area contributed by atoms with Crippen molar-refractivity contribution in [1.82, 2.24) is 9.97 Å². The average Bonchev–Trinajstić information content (AvgIpc) is 3.53. The van der Waals surface area contributed by atoms with Crippen LogP contribution in [0.15, 0.2) is 12.4 Å². The van der Waals surface area contributed by atoms with E-state index < -0.39 is 58.3 Å². The maximum atomic E-state index is 14.5. The zero-order valence-corrected chi connectivity index (χ0v) is 19.9. The molecule has 0 aliphatic heterocycles. The highest BCUT2D eigenvalue weighted by Gasteiger charge is 2.36. The van der Waals surface area contributed by atoms with Gasteiger partial charge in [-0.1, -0.05) is 41.5 Å². The third-order valence-corrected chi connectivity index (χ3v) is 5.77. The number of halogens is 4. The second-order valence-corrected chi connectivity index (χ2v) is 10.9. The second-order valence-electron chi connectivity index (χ2n) is 10.9. The lowest BCUT2D eigenvalue weighted by Crippen LogP contribution is -2.29. The Kier molecular flexibility index (Phi) is 6.87. The lowest BCUT2D eigenvalue weighted by molar-refractivity contribution is -0.149. The molecule has 2 aromatic rings. The topological polar surface area (TPSA) is 52.1 Å². The van der Waals surface area contributed by atoms with Crippen LogP contribution in [0.1, 0.15) is 82.8 Å². The van der Waals surface area contributed by atoms with Gasteiger partial charge < -0.3 is 4.74 Å². The number of hydrogen-bond donors (Lipinski definition) is 0. The highest BCUT2D eigenvalue weighted by molar-refractivity contribution is 5.79. The molecule has 0 N–H and O–H groups in total. The highest BCUT2D eigenvalue weighted by atomic mass is 19.2. The summed E-state index contributed by atoms with van der Waals surface area (Å²) in [5.74, 6) is -6.93. The predicted octanol–water partition coefficient (Wildman–Crippen LogP) is 6.16. The van der Waals surface area contributed by atoms with Gasteiger partial charge in [-0.25, -0.2) is 27.5 Å². The number of ether oxygens (including phenoxy) is 1. The van der Waals surface area contributed by atoms with Crippen LogP contribution in [-0.4, -0.2) is 15.9 Å². The maximum absolute atomic E-state index is 14.5. The fraction of sp³-hybridized carbons (Fsp3) is 0.560. The van der Waals surface area contributed by atoms with E-state index >= 15 is 0 Å². The van der Waals surface area contributed by atoms with E-state index in [1.54, 1.807) is 20.8 Å². The molecule has 0 bridgehead atoms. The molecule has 1 aromatic heterocycles. The van der Waals surface area contributed by atoms with Gasteiger partial charge in [0.15, 0.2) is 23.3 Å². The molecule has 1 aliphatic carbocycles. The van der Waals surface area contributed by atoms with Gasteiger partial charge in [-0.15, -0.1) is 0 Å². The Bertz CT molecular complexity index is 1010. The normalized spacial score (nSPS) is 15.5. The Labute approximate surface area is 191 Å². The zero-order valence-electron chi connectivity index (χ0n) is 19.9. The molecule has 1 atom stereocenters. The zero-order chi connectivity index (χ0) is 24.7. The molecule has 8 heteroatoms. The van der Waals surface area contributed by atoms with E-state index in [4.69, 9.17) is 4.74 Å². The van der Waals surface area contributed by atoms with Crippen molar-refractivity contribution in [2.24, 2.45) is 11.3 Å². The van der Waals surface area contributed by atoms with Crippen molar-refractivity contribution < 1.29 is 27.1 Å². The number of esters is 1. The molecular formula is C25H30F4N2O2. The number of carbonyl (C=O) groups is 1. The van der Waals surface area contributed by atoms with E-state index in [2.05, 4.69) is 9.97 Å². The number of carbonyl (C=O) groups excluding carboxylic acids is 1. The van der Waals surface area contributed by atoms with Crippen molar-refractivity contribution >= 4 is 5.97 Å². The molecule has 1 unspecified atom stereocenters. The molecule has 0 saturated heterocycles. The molecule has 1 aromatic carbocycles. The Hall–Kier alpha value is -2.51. The number of benzene rings is 1. The Morgan fingerprint density at radius 2 is 1.42 bits per heavy atom. The SMILES string of the molecule is CC(C)(C)c1ncc(C(C(=O)OCc2c(F)c(F)c(CC3CC3)c(F)c2F)C(C)(C)C)cn1. The van der Waals surface area contributed by atoms with Gasteiger partial charge >= 0.3 is 5.97 Å². The summed E-state index contributed by atoms with van der Waals surface area (Å²) < 4.78 is 63.1. The van der Waals surface area contributed by atoms with Crippen LogP contribution in [0.25, 0.3) is 0 Å². The van der Waals surface area contributed by atoms with Gasteiger partial charge in [-0.3, -0.25) is 4.79 Å². The molecule has 0 amide bonds. The fourth-order valence-corrected chi connectivity index (χ4v) is 3.73. The van der Waals surface area contributed by atoms with Gasteiger partial charge in [0.25, 0.3) is 0 Å². The first kappa shape index (κ1) is 25.1. The van der Waals surface area contributed by atoms with Crippen molar-refractivity contribution in [2.45, 2.75) is 78.7 Å². The molecule has 1 saturated carbocycles. The minimum atomic E-state index is -1.53. The summed E-state index contributed by atoms with van der Waals surface area (Å²) in [5, 5.41) is 0. The van der Waals surface area contributed by atoms with Gasteiger partial charge in [-0.05, 0) is 30.6 Å². The van der Waals surface area contributed by atoms with Gasteiger partial charge in [0, 0.05) is 28.9 Å². The van der Waals surface area contributed by atoms with Crippen LogP contribution in [-0.2, 0) is 28.0 Å². The first-order valence-corrected chi connectivity index (χ1v) is 11.0. The highest BCUT2D eigenvalue weighted by Crippen LogP contribution is 2.38. The second kappa shape index (κ2) is 9.03. The van der Waals surface area contributed by atoms with Crippen molar-refractivity contribution in [3.05, 3.63) is 58.2 Å². The smallest absolute Gasteiger partial charge is 0.314 e. The molecule has 1 heterocycles. The predicted molar refractivity (Wildman–Crippen MR) is 115 cm³/mol. The molecule has 180 valence electrons. The third kappa shape index (κ3) is 5.53. The number of nitrogens with zero attached hydrogens (tertiary/aromatic N) is 2. The quantitative estimate of drug-likeness (QED) is 0.291. The first-order chi connectivity index (χ1) is 15.2. The number of hydrogen-bond acceptors (Lipinski definition) is 4. The third-order valence-electron chi connectivity index (χ3n) is 5.77. The van der Waals surface area contributed by atoms with Gasteiger partial charge in [0.05, 0.1) is 11.5 Å². The average molecular weight is 467 g/mol. The number of rotatable bonds is 6. The lowest BCUT2D eigenvalue weighted by atomic mass is 9.77. The van der Waals surface area contributed by atoms with E-state index in [9.17, 15) is 22.4 Å². The van der Waals surface area contributed by atoms with Crippen LogP contribution in [0.3, 0.4) is 0 Å². The van der Waals surface area contributed by atoms with Crippen LogP contribution < -0.4 is 0 Å². The summed E-state index contributed by atoms with van der Waals surface area (Å²) in [5.41, 5.74) is -1.99. The molecule has 0 radical (unpaired) electrons. The molecular weight excluding hydrogens is 436 g/mol. The monoisotopic (exact) mass is 466 g/mol. The standard InChI is InChI=1S/C25H30F4N2O2/c1-24(2,3)17(14-10-30-23(31-11-14)25(4,5)6)22(32)33-12-16-20(28)18(26)15(9-13-7-8-13)19(27)21(16)29/h10-11,13,17H,7-9,12H2,1-6H3. The van der Waals surface area contributed by atoms with Crippen molar-refractivity contribution in [3.8, 4) is 0 Å². The Morgan fingerprint density at radius 1 is 0.939 bits per heavy atom. The Balaban J connectivity index is 1.84.